The van der Waals surface area contributed by atoms with E-state index < -0.39 is 0 Å². The van der Waals surface area contributed by atoms with Gasteiger partial charge in [-0.3, -0.25) is 9.59 Å². The zero-order chi connectivity index (χ0) is 18.5. The van der Waals surface area contributed by atoms with E-state index >= 15 is 0 Å². The lowest BCUT2D eigenvalue weighted by atomic mass is 10.0. The molecule has 0 atom stereocenters. The van der Waals surface area contributed by atoms with Gasteiger partial charge in [0.15, 0.2) is 0 Å². The van der Waals surface area contributed by atoms with E-state index in [-0.39, 0.29) is 17.5 Å². The Balaban J connectivity index is 1.55. The number of ether oxygens (including phenoxy) is 1. The number of amides is 1. The summed E-state index contributed by atoms with van der Waals surface area (Å²) in [6, 6.07) is 8.85. The number of methoxy groups -OCH3 is 1. The van der Waals surface area contributed by atoms with Crippen LogP contribution in [0.5, 0.6) is 5.75 Å². The molecule has 1 aliphatic heterocycles. The van der Waals surface area contributed by atoms with E-state index in [1.807, 2.05) is 6.92 Å². The second-order valence-corrected chi connectivity index (χ2v) is 6.33. The third-order valence-corrected chi connectivity index (χ3v) is 4.70. The van der Waals surface area contributed by atoms with Crippen LogP contribution in [0, 0.1) is 0 Å². The van der Waals surface area contributed by atoms with Gasteiger partial charge in [0, 0.05) is 37.3 Å². The normalized spacial score (nSPS) is 14.9. The van der Waals surface area contributed by atoms with E-state index in [1.165, 1.54) is 4.68 Å². The van der Waals surface area contributed by atoms with Crippen molar-refractivity contribution in [2.75, 3.05) is 25.1 Å². The van der Waals surface area contributed by atoms with Gasteiger partial charge < -0.3 is 15.0 Å². The Morgan fingerprint density at radius 1 is 1.27 bits per heavy atom. The zero-order valence-electron chi connectivity index (χ0n) is 15.1. The molecule has 2 heterocycles. The fourth-order valence-corrected chi connectivity index (χ4v) is 3.13. The molecule has 1 aromatic heterocycles. The van der Waals surface area contributed by atoms with E-state index in [0.717, 1.165) is 37.4 Å². The molecule has 0 aliphatic carbocycles. The molecule has 1 amide bonds. The Hall–Kier alpha value is -2.83. The molecule has 138 valence electrons. The molecule has 0 unspecified atom stereocenters. The summed E-state index contributed by atoms with van der Waals surface area (Å²) in [5.41, 5.74) is 1.39. The average molecular weight is 356 g/mol. The molecule has 1 aromatic carbocycles. The van der Waals surface area contributed by atoms with E-state index in [0.29, 0.717) is 12.1 Å². The summed E-state index contributed by atoms with van der Waals surface area (Å²) in [7, 11) is 1.60. The van der Waals surface area contributed by atoms with Crippen LogP contribution < -0.4 is 20.5 Å². The summed E-state index contributed by atoms with van der Waals surface area (Å²) in [5, 5.41) is 7.26. The van der Waals surface area contributed by atoms with Crippen molar-refractivity contribution in [2.45, 2.75) is 32.4 Å². The predicted octanol–water partition coefficient (Wildman–Crippen LogP) is 1.67. The van der Waals surface area contributed by atoms with Crippen LogP contribution >= 0.6 is 0 Å². The number of piperidine rings is 1. The molecule has 7 nitrogen and oxygen atoms in total. The molecule has 0 spiro atoms. The van der Waals surface area contributed by atoms with Crippen LogP contribution in [0.3, 0.4) is 0 Å². The van der Waals surface area contributed by atoms with Crippen molar-refractivity contribution in [1.29, 1.82) is 0 Å². The van der Waals surface area contributed by atoms with Crippen LogP contribution in [0.2, 0.25) is 0 Å². The quantitative estimate of drug-likeness (QED) is 0.882. The van der Waals surface area contributed by atoms with E-state index in [4.69, 9.17) is 4.74 Å². The minimum atomic E-state index is -0.0834. The van der Waals surface area contributed by atoms with Gasteiger partial charge in [-0.25, -0.2) is 4.68 Å². The number of carbonyl (C=O) groups excluding carboxylic acids is 1. The summed E-state index contributed by atoms with van der Waals surface area (Å²) < 4.78 is 6.55. The highest BCUT2D eigenvalue weighted by Crippen LogP contribution is 2.18. The van der Waals surface area contributed by atoms with Crippen LogP contribution in [0.15, 0.2) is 41.3 Å². The maximum absolute atomic E-state index is 12.4. The Kier molecular flexibility index (Phi) is 5.55. The number of nitrogens with one attached hydrogen (secondary N) is 1. The first-order valence-corrected chi connectivity index (χ1v) is 8.87. The first kappa shape index (κ1) is 18.0. The molecule has 0 saturated carbocycles. The summed E-state index contributed by atoms with van der Waals surface area (Å²) >= 11 is 0. The van der Waals surface area contributed by atoms with Gasteiger partial charge in [-0.1, -0.05) is 0 Å². The fraction of sp³-hybridized carbons (Fsp3) is 0.421. The lowest BCUT2D eigenvalue weighted by molar-refractivity contribution is 0.0931. The Morgan fingerprint density at radius 3 is 2.54 bits per heavy atom. The molecule has 0 bridgehead atoms. The number of hydrogen-bond donors (Lipinski definition) is 1. The maximum Gasteiger partial charge on any atom is 0.268 e. The van der Waals surface area contributed by atoms with Gasteiger partial charge >= 0.3 is 0 Å². The lowest BCUT2D eigenvalue weighted by Crippen LogP contribution is -2.45. The van der Waals surface area contributed by atoms with Gasteiger partial charge in [0.05, 0.1) is 19.0 Å². The average Bonchev–Trinajstić information content (AvgIpc) is 2.68. The van der Waals surface area contributed by atoms with Gasteiger partial charge in [0.2, 0.25) is 0 Å². The SMILES string of the molecule is CCn1ncc(N2CCC(NC(=O)c3ccc(OC)cc3)CC2)cc1=O. The van der Waals surface area contributed by atoms with Gasteiger partial charge in [-0.05, 0) is 44.0 Å². The van der Waals surface area contributed by atoms with E-state index in [2.05, 4.69) is 15.3 Å². The highest BCUT2D eigenvalue weighted by atomic mass is 16.5. The smallest absolute Gasteiger partial charge is 0.268 e. The third-order valence-electron chi connectivity index (χ3n) is 4.70. The van der Waals surface area contributed by atoms with Gasteiger partial charge in [0.1, 0.15) is 5.75 Å². The molecular formula is C19H24N4O3. The topological polar surface area (TPSA) is 76.5 Å². The maximum atomic E-state index is 12.4. The number of anilines is 1. The molecule has 0 radical (unpaired) electrons. The second kappa shape index (κ2) is 8.03. The number of rotatable bonds is 5. The standard InChI is InChI=1S/C19H24N4O3/c1-3-23-18(24)12-16(13-20-23)22-10-8-15(9-11-22)21-19(25)14-4-6-17(26-2)7-5-14/h4-7,12-13,15H,3,8-11H2,1-2H3,(H,21,25). The third kappa shape index (κ3) is 4.04. The molecule has 1 aliphatic rings. The Bertz CT molecular complexity index is 808. The van der Waals surface area contributed by atoms with E-state index in [9.17, 15) is 9.59 Å². The monoisotopic (exact) mass is 356 g/mol. The molecule has 1 N–H and O–H groups in total. The van der Waals surface area contributed by atoms with Crippen LogP contribution in [-0.4, -0.2) is 41.9 Å². The van der Waals surface area contributed by atoms with Crippen molar-refractivity contribution < 1.29 is 9.53 Å². The number of carbonyl (C=O) groups is 1. The number of benzene rings is 1. The van der Waals surface area contributed by atoms with Crippen molar-refractivity contribution in [3.8, 4) is 5.75 Å². The minimum absolute atomic E-state index is 0.0710. The number of aryl methyl sites for hydroxylation is 1. The summed E-state index contributed by atoms with van der Waals surface area (Å²) in [6.45, 7) is 4.03. The molecule has 3 rings (SSSR count). The largest absolute Gasteiger partial charge is 0.497 e. The van der Waals surface area contributed by atoms with Gasteiger partial charge in [-0.15, -0.1) is 0 Å². The Morgan fingerprint density at radius 2 is 1.96 bits per heavy atom. The number of hydrogen-bond acceptors (Lipinski definition) is 5. The van der Waals surface area contributed by atoms with Crippen molar-refractivity contribution in [3.63, 3.8) is 0 Å². The fourth-order valence-electron chi connectivity index (χ4n) is 3.13. The first-order valence-electron chi connectivity index (χ1n) is 8.87. The molecule has 2 aromatic rings. The highest BCUT2D eigenvalue weighted by molar-refractivity contribution is 5.94. The molecular weight excluding hydrogens is 332 g/mol. The summed E-state index contributed by atoms with van der Waals surface area (Å²) in [4.78, 5) is 26.4. The molecule has 7 heteroatoms. The first-order chi connectivity index (χ1) is 12.6. The summed E-state index contributed by atoms with van der Waals surface area (Å²) in [6.07, 6.45) is 3.40. The summed E-state index contributed by atoms with van der Waals surface area (Å²) in [5.74, 6) is 0.659. The molecule has 26 heavy (non-hydrogen) atoms. The van der Waals surface area contributed by atoms with E-state index in [1.54, 1.807) is 43.6 Å². The van der Waals surface area contributed by atoms with Crippen molar-refractivity contribution in [2.24, 2.45) is 0 Å². The zero-order valence-corrected chi connectivity index (χ0v) is 15.1. The predicted molar refractivity (Wildman–Crippen MR) is 99.9 cm³/mol. The number of aromatic nitrogens is 2. The van der Waals surface area contributed by atoms with Gasteiger partial charge in [0.25, 0.3) is 11.5 Å². The van der Waals surface area contributed by atoms with Crippen LogP contribution in [-0.2, 0) is 6.54 Å². The molecule has 1 saturated heterocycles. The molecule has 1 fully saturated rings. The Labute approximate surface area is 152 Å². The second-order valence-electron chi connectivity index (χ2n) is 6.33. The van der Waals surface area contributed by atoms with Crippen LogP contribution in [0.1, 0.15) is 30.1 Å². The van der Waals surface area contributed by atoms with Gasteiger partial charge in [-0.2, -0.15) is 5.10 Å². The lowest BCUT2D eigenvalue weighted by Gasteiger charge is -2.33. The van der Waals surface area contributed by atoms with Crippen molar-refractivity contribution in [3.05, 3.63) is 52.4 Å². The number of nitrogens with zero attached hydrogens (tertiary/aromatic N) is 3. The van der Waals surface area contributed by atoms with Crippen molar-refractivity contribution >= 4 is 11.6 Å². The van der Waals surface area contributed by atoms with Crippen LogP contribution in [0.4, 0.5) is 5.69 Å². The highest BCUT2D eigenvalue weighted by Gasteiger charge is 2.22. The van der Waals surface area contributed by atoms with Crippen molar-refractivity contribution in [1.82, 2.24) is 15.1 Å². The minimum Gasteiger partial charge on any atom is -0.497 e. The van der Waals surface area contributed by atoms with Crippen LogP contribution in [0.25, 0.3) is 0 Å².